The van der Waals surface area contributed by atoms with E-state index in [9.17, 15) is 26.7 Å². The molecule has 0 bridgehead atoms. The van der Waals surface area contributed by atoms with Crippen molar-refractivity contribution in [1.82, 2.24) is 30.2 Å². The predicted octanol–water partition coefficient (Wildman–Crippen LogP) is 3.93. The number of halogens is 5. The molecule has 0 unspecified atom stereocenters. The number of carbonyl (C=O) groups is 1. The molecule has 3 heterocycles. The van der Waals surface area contributed by atoms with Crippen LogP contribution >= 0.6 is 0 Å². The van der Waals surface area contributed by atoms with Crippen molar-refractivity contribution < 1.29 is 31.3 Å². The van der Waals surface area contributed by atoms with E-state index < -0.39 is 36.1 Å². The highest BCUT2D eigenvalue weighted by atomic mass is 19.4. The van der Waals surface area contributed by atoms with E-state index in [-0.39, 0.29) is 28.9 Å². The summed E-state index contributed by atoms with van der Waals surface area (Å²) in [6.45, 7) is -0.0374. The first-order chi connectivity index (χ1) is 14.1. The van der Waals surface area contributed by atoms with E-state index in [0.29, 0.717) is 11.3 Å². The summed E-state index contributed by atoms with van der Waals surface area (Å²) in [5.74, 6) is -1.01. The third-order valence-corrected chi connectivity index (χ3v) is 4.05. The summed E-state index contributed by atoms with van der Waals surface area (Å²) in [5.41, 5.74) is -1.24. The molecule has 1 N–H and O–H groups in total. The second-order valence-corrected chi connectivity index (χ2v) is 6.21. The fourth-order valence-corrected chi connectivity index (χ4v) is 2.60. The number of rotatable bonds is 6. The monoisotopic (exact) mass is 430 g/mol. The number of alkyl halides is 5. The van der Waals surface area contributed by atoms with Gasteiger partial charge in [0.25, 0.3) is 5.91 Å². The van der Waals surface area contributed by atoms with E-state index >= 15 is 0 Å². The number of pyridine rings is 1. The van der Waals surface area contributed by atoms with Crippen LogP contribution in [0.4, 0.5) is 22.0 Å². The van der Waals surface area contributed by atoms with E-state index in [1.54, 1.807) is 32.2 Å². The Morgan fingerprint density at radius 3 is 2.63 bits per heavy atom. The molecule has 0 radical (unpaired) electrons. The van der Waals surface area contributed by atoms with Gasteiger partial charge in [-0.25, -0.2) is 0 Å². The van der Waals surface area contributed by atoms with Gasteiger partial charge in [0.05, 0.1) is 0 Å². The third-order valence-electron chi connectivity index (χ3n) is 4.05. The van der Waals surface area contributed by atoms with Gasteiger partial charge in [-0.1, -0.05) is 12.1 Å². The number of carbonyl (C=O) groups excluding carboxylic acids is 1. The maximum absolute atomic E-state index is 13.1. The predicted molar refractivity (Wildman–Crippen MR) is 91.2 cm³/mol. The van der Waals surface area contributed by atoms with Crippen LogP contribution in [0.25, 0.3) is 11.4 Å². The highest BCUT2D eigenvalue weighted by Gasteiger charge is 2.37. The molecule has 8 nitrogen and oxygen atoms in total. The standard InChI is InChI=1S/C17H15F5N6O2/c1-3-10(15-25-13(27-30-15)9-4-5-23-8(2)6-9)24-14(29)11-7-12(17(20,21)22)26-28(11)16(18)19/h4-7,10,16H,3H2,1-2H3,(H,24,29)/t10-/m0/s1. The van der Waals surface area contributed by atoms with Gasteiger partial charge in [-0.3, -0.25) is 9.78 Å². The molecule has 3 rings (SSSR count). The zero-order valence-corrected chi connectivity index (χ0v) is 15.6. The SMILES string of the molecule is CC[C@H](NC(=O)c1cc(C(F)(F)F)nn1C(F)F)c1nc(-c2ccnc(C)c2)no1. The van der Waals surface area contributed by atoms with Gasteiger partial charge < -0.3 is 9.84 Å². The van der Waals surface area contributed by atoms with E-state index in [4.69, 9.17) is 4.52 Å². The first-order valence-corrected chi connectivity index (χ1v) is 8.62. The molecule has 160 valence electrons. The first-order valence-electron chi connectivity index (χ1n) is 8.62. The Balaban J connectivity index is 1.85. The van der Waals surface area contributed by atoms with Gasteiger partial charge in [-0.15, -0.1) is 0 Å². The Bertz CT molecular complexity index is 1050. The van der Waals surface area contributed by atoms with Gasteiger partial charge in [-0.2, -0.15) is 36.7 Å². The second kappa shape index (κ2) is 8.16. The van der Waals surface area contributed by atoms with Crippen molar-refractivity contribution in [3.8, 4) is 11.4 Å². The minimum Gasteiger partial charge on any atom is -0.339 e. The minimum absolute atomic E-state index is 0.0329. The molecule has 0 fully saturated rings. The van der Waals surface area contributed by atoms with Crippen LogP contribution < -0.4 is 5.32 Å². The van der Waals surface area contributed by atoms with Crippen LogP contribution in [0, 0.1) is 6.92 Å². The van der Waals surface area contributed by atoms with Crippen molar-refractivity contribution in [2.24, 2.45) is 0 Å². The zero-order chi connectivity index (χ0) is 22.1. The van der Waals surface area contributed by atoms with Crippen molar-refractivity contribution in [3.63, 3.8) is 0 Å². The van der Waals surface area contributed by atoms with E-state index in [2.05, 4.69) is 25.5 Å². The first kappa shape index (κ1) is 21.3. The van der Waals surface area contributed by atoms with Gasteiger partial charge in [0.2, 0.25) is 11.7 Å². The Kier molecular flexibility index (Phi) is 5.80. The Labute approximate surface area is 166 Å². The highest BCUT2D eigenvalue weighted by molar-refractivity contribution is 5.93. The molecule has 0 aliphatic carbocycles. The summed E-state index contributed by atoms with van der Waals surface area (Å²) in [5, 5.41) is 8.92. The van der Waals surface area contributed by atoms with Gasteiger partial charge in [0, 0.05) is 23.5 Å². The van der Waals surface area contributed by atoms with Gasteiger partial charge >= 0.3 is 12.7 Å². The summed E-state index contributed by atoms with van der Waals surface area (Å²) < 4.78 is 69.4. The summed E-state index contributed by atoms with van der Waals surface area (Å²) in [4.78, 5) is 20.6. The normalized spacial score (nSPS) is 12.9. The Hall–Kier alpha value is -3.38. The van der Waals surface area contributed by atoms with E-state index in [1.165, 1.54) is 0 Å². The van der Waals surface area contributed by atoms with Gasteiger partial charge in [-0.05, 0) is 25.5 Å². The second-order valence-electron chi connectivity index (χ2n) is 6.21. The quantitative estimate of drug-likeness (QED) is 0.595. The molecule has 1 amide bonds. The summed E-state index contributed by atoms with van der Waals surface area (Å²) in [6, 6.07) is 2.68. The number of nitrogens with zero attached hydrogens (tertiary/aromatic N) is 5. The zero-order valence-electron chi connectivity index (χ0n) is 15.6. The van der Waals surface area contributed by atoms with Crippen LogP contribution in [0.2, 0.25) is 0 Å². The molecule has 3 aromatic rings. The molecule has 13 heteroatoms. The number of aromatic nitrogens is 5. The summed E-state index contributed by atoms with van der Waals surface area (Å²) >= 11 is 0. The average Bonchev–Trinajstić information content (AvgIpc) is 3.33. The lowest BCUT2D eigenvalue weighted by atomic mass is 10.2. The van der Waals surface area contributed by atoms with Crippen molar-refractivity contribution in [2.45, 2.75) is 39.0 Å². The van der Waals surface area contributed by atoms with Crippen LogP contribution in [-0.2, 0) is 6.18 Å². The Morgan fingerprint density at radius 2 is 2.03 bits per heavy atom. The van der Waals surface area contributed by atoms with Crippen LogP contribution in [0.15, 0.2) is 28.9 Å². The van der Waals surface area contributed by atoms with Crippen LogP contribution in [0.3, 0.4) is 0 Å². The molecule has 0 saturated carbocycles. The van der Waals surface area contributed by atoms with E-state index in [1.807, 2.05) is 0 Å². The van der Waals surface area contributed by atoms with Crippen LogP contribution in [-0.4, -0.2) is 30.8 Å². The fourth-order valence-electron chi connectivity index (χ4n) is 2.60. The number of hydrogen-bond acceptors (Lipinski definition) is 6. The van der Waals surface area contributed by atoms with Crippen LogP contribution in [0.5, 0.6) is 0 Å². The maximum atomic E-state index is 13.1. The lowest BCUT2D eigenvalue weighted by molar-refractivity contribution is -0.142. The van der Waals surface area contributed by atoms with Crippen molar-refractivity contribution in [2.75, 3.05) is 0 Å². The number of hydrogen-bond donors (Lipinski definition) is 1. The van der Waals surface area contributed by atoms with Crippen LogP contribution in [0.1, 0.15) is 53.7 Å². The average molecular weight is 430 g/mol. The van der Waals surface area contributed by atoms with Gasteiger partial charge in [0.1, 0.15) is 11.7 Å². The molecule has 0 aliphatic rings. The number of nitrogens with one attached hydrogen (secondary N) is 1. The molecule has 3 aromatic heterocycles. The van der Waals surface area contributed by atoms with Crippen molar-refractivity contribution in [1.29, 1.82) is 0 Å². The van der Waals surface area contributed by atoms with Crippen molar-refractivity contribution >= 4 is 5.91 Å². The lowest BCUT2D eigenvalue weighted by Gasteiger charge is -2.13. The lowest BCUT2D eigenvalue weighted by Crippen LogP contribution is -2.30. The topological polar surface area (TPSA) is 98.7 Å². The molecular weight excluding hydrogens is 415 g/mol. The summed E-state index contributed by atoms with van der Waals surface area (Å²) in [7, 11) is 0. The van der Waals surface area contributed by atoms with Crippen molar-refractivity contribution in [3.05, 3.63) is 47.4 Å². The molecule has 0 aliphatic heterocycles. The molecule has 1 atom stereocenters. The molecular formula is C17H15F5N6O2. The maximum Gasteiger partial charge on any atom is 0.435 e. The minimum atomic E-state index is -4.98. The largest absolute Gasteiger partial charge is 0.435 e. The number of amides is 1. The molecule has 0 saturated heterocycles. The smallest absolute Gasteiger partial charge is 0.339 e. The molecule has 0 spiro atoms. The Morgan fingerprint density at radius 1 is 1.30 bits per heavy atom. The molecule has 30 heavy (non-hydrogen) atoms. The number of aryl methyl sites for hydroxylation is 1. The third kappa shape index (κ3) is 4.44. The summed E-state index contributed by atoms with van der Waals surface area (Å²) in [6.07, 6.45) is -3.23. The van der Waals surface area contributed by atoms with E-state index in [0.717, 1.165) is 0 Å². The highest BCUT2D eigenvalue weighted by Crippen LogP contribution is 2.30. The molecule has 0 aromatic carbocycles. The van der Waals surface area contributed by atoms with Gasteiger partial charge in [0.15, 0.2) is 5.69 Å². The fraction of sp³-hybridized carbons (Fsp3) is 0.353.